The van der Waals surface area contributed by atoms with Gasteiger partial charge >= 0.3 is 5.97 Å². The van der Waals surface area contributed by atoms with Gasteiger partial charge in [0.05, 0.1) is 7.11 Å². The molecule has 0 amide bonds. The molecule has 0 fully saturated rings. The van der Waals surface area contributed by atoms with Gasteiger partial charge in [-0.05, 0) is 18.1 Å². The number of ether oxygens (including phenoxy) is 1. The summed E-state index contributed by atoms with van der Waals surface area (Å²) >= 11 is 4.89. The van der Waals surface area contributed by atoms with Crippen LogP contribution in [0.2, 0.25) is 0 Å². The van der Waals surface area contributed by atoms with Crippen LogP contribution in [0.5, 0.6) is 0 Å². The smallest absolute Gasteiger partial charge is 0.328 e. The normalized spacial score (nSPS) is 12.0. The number of methoxy groups -OCH3 is 1. The third kappa shape index (κ3) is 3.66. The number of rotatable bonds is 5. The second-order valence-electron chi connectivity index (χ2n) is 4.18. The lowest BCUT2D eigenvalue weighted by Gasteiger charge is -2.20. The lowest BCUT2D eigenvalue weighted by molar-refractivity contribution is -0.142. The zero-order chi connectivity index (χ0) is 13.7. The molecule has 1 aromatic heterocycles. The van der Waals surface area contributed by atoms with Crippen molar-refractivity contribution < 1.29 is 9.53 Å². The number of carbonyl (C=O) groups is 1. The molecule has 0 aliphatic heterocycles. The Kier molecular flexibility index (Phi) is 5.03. The first-order chi connectivity index (χ1) is 8.45. The minimum atomic E-state index is -0.455. The molecule has 0 radical (unpaired) electrons. The minimum Gasteiger partial charge on any atom is -0.467 e. The summed E-state index contributed by atoms with van der Waals surface area (Å²) in [6.07, 6.45) is 1.59. The number of nitrogens with zero attached hydrogens (tertiary/aromatic N) is 1. The largest absolute Gasteiger partial charge is 0.467 e. The summed E-state index contributed by atoms with van der Waals surface area (Å²) in [6, 6.07) is 2.97. The number of pyridine rings is 1. The fraction of sp³-hybridized carbons (Fsp3) is 0.417. The van der Waals surface area contributed by atoms with Crippen LogP contribution in [-0.4, -0.2) is 29.1 Å². The molecule has 0 bridgehead atoms. The second-order valence-corrected chi connectivity index (χ2v) is 4.62. The lowest BCUT2D eigenvalue weighted by atomic mass is 10.0. The predicted octanol–water partition coefficient (Wildman–Crippen LogP) is 1.33. The molecule has 18 heavy (non-hydrogen) atoms. The fourth-order valence-electron chi connectivity index (χ4n) is 1.45. The summed E-state index contributed by atoms with van der Waals surface area (Å²) in [5, 5.41) is 3.02. The summed E-state index contributed by atoms with van der Waals surface area (Å²) in [4.78, 5) is 16.0. The molecule has 0 aliphatic rings. The highest BCUT2D eigenvalue weighted by molar-refractivity contribution is 7.80. The van der Waals surface area contributed by atoms with Crippen molar-refractivity contribution in [3.05, 3.63) is 23.9 Å². The van der Waals surface area contributed by atoms with Gasteiger partial charge < -0.3 is 15.8 Å². The highest BCUT2D eigenvalue weighted by atomic mass is 32.1. The Balaban J connectivity index is 2.90. The van der Waals surface area contributed by atoms with Gasteiger partial charge in [0, 0.05) is 11.8 Å². The first-order valence-corrected chi connectivity index (χ1v) is 5.96. The van der Waals surface area contributed by atoms with Gasteiger partial charge in [0.15, 0.2) is 0 Å². The number of nitrogens with one attached hydrogen (secondary N) is 1. The second kappa shape index (κ2) is 6.30. The van der Waals surface area contributed by atoms with Crippen LogP contribution in [0.25, 0.3) is 0 Å². The van der Waals surface area contributed by atoms with E-state index in [9.17, 15) is 4.79 Å². The maximum Gasteiger partial charge on any atom is 0.328 e. The molecule has 0 saturated heterocycles. The van der Waals surface area contributed by atoms with E-state index in [0.29, 0.717) is 16.4 Å². The van der Waals surface area contributed by atoms with Crippen molar-refractivity contribution >= 4 is 29.0 Å². The summed E-state index contributed by atoms with van der Waals surface area (Å²) in [5.74, 6) is 0.296. The Hall–Kier alpha value is -1.69. The summed E-state index contributed by atoms with van der Waals surface area (Å²) < 4.78 is 4.74. The zero-order valence-corrected chi connectivity index (χ0v) is 11.5. The van der Waals surface area contributed by atoms with Crippen LogP contribution < -0.4 is 11.1 Å². The van der Waals surface area contributed by atoms with Gasteiger partial charge in [0.25, 0.3) is 0 Å². The van der Waals surface area contributed by atoms with E-state index in [1.165, 1.54) is 7.11 Å². The standard InChI is InChI=1S/C12H17N3O2S/c1-7(2)10(12(16)17-3)15-9-6-8(11(13)18)4-5-14-9/h4-7,10H,1-3H3,(H2,13,18)(H,14,15). The lowest BCUT2D eigenvalue weighted by Crippen LogP contribution is -2.35. The van der Waals surface area contributed by atoms with Crippen LogP contribution in [0, 0.1) is 5.92 Å². The van der Waals surface area contributed by atoms with Gasteiger partial charge in [0.1, 0.15) is 16.8 Å². The number of anilines is 1. The summed E-state index contributed by atoms with van der Waals surface area (Å²) in [6.45, 7) is 3.85. The van der Waals surface area contributed by atoms with Crippen molar-refractivity contribution in [3.63, 3.8) is 0 Å². The number of esters is 1. The average molecular weight is 267 g/mol. The van der Waals surface area contributed by atoms with Crippen molar-refractivity contribution in [2.45, 2.75) is 19.9 Å². The molecule has 1 atom stereocenters. The molecule has 0 saturated carbocycles. The van der Waals surface area contributed by atoms with Crippen molar-refractivity contribution in [2.24, 2.45) is 11.7 Å². The van der Waals surface area contributed by atoms with E-state index in [0.717, 1.165) is 0 Å². The van der Waals surface area contributed by atoms with Crippen LogP contribution in [0.1, 0.15) is 19.4 Å². The third-order valence-electron chi connectivity index (χ3n) is 2.47. The van der Waals surface area contributed by atoms with E-state index in [1.54, 1.807) is 18.3 Å². The van der Waals surface area contributed by atoms with E-state index in [4.69, 9.17) is 22.7 Å². The number of aromatic nitrogens is 1. The van der Waals surface area contributed by atoms with E-state index in [2.05, 4.69) is 10.3 Å². The molecule has 1 unspecified atom stereocenters. The monoisotopic (exact) mass is 267 g/mol. The number of thiocarbonyl (C=S) groups is 1. The van der Waals surface area contributed by atoms with E-state index >= 15 is 0 Å². The van der Waals surface area contributed by atoms with Gasteiger partial charge in [-0.3, -0.25) is 0 Å². The quantitative estimate of drug-likeness (QED) is 0.619. The van der Waals surface area contributed by atoms with Crippen LogP contribution in [0.15, 0.2) is 18.3 Å². The maximum atomic E-state index is 11.6. The molecule has 5 nitrogen and oxygen atoms in total. The molecular formula is C12H17N3O2S. The van der Waals surface area contributed by atoms with E-state index in [-0.39, 0.29) is 11.9 Å². The molecule has 0 aromatic carbocycles. The molecule has 1 heterocycles. The topological polar surface area (TPSA) is 77.2 Å². The molecule has 0 aliphatic carbocycles. The van der Waals surface area contributed by atoms with Crippen molar-refractivity contribution in [1.82, 2.24) is 4.98 Å². The fourth-order valence-corrected chi connectivity index (χ4v) is 1.57. The number of carbonyl (C=O) groups excluding carboxylic acids is 1. The van der Waals surface area contributed by atoms with Gasteiger partial charge in [-0.1, -0.05) is 26.1 Å². The molecule has 1 aromatic rings. The van der Waals surface area contributed by atoms with Crippen LogP contribution in [0.4, 0.5) is 5.82 Å². The first kappa shape index (κ1) is 14.4. The molecule has 1 rings (SSSR count). The Morgan fingerprint density at radius 1 is 1.56 bits per heavy atom. The van der Waals surface area contributed by atoms with Crippen LogP contribution in [0.3, 0.4) is 0 Å². The number of nitrogens with two attached hydrogens (primary N) is 1. The van der Waals surface area contributed by atoms with Crippen molar-refractivity contribution in [1.29, 1.82) is 0 Å². The molecule has 98 valence electrons. The number of hydrogen-bond acceptors (Lipinski definition) is 5. The van der Waals surface area contributed by atoms with Crippen molar-refractivity contribution in [2.75, 3.05) is 12.4 Å². The Morgan fingerprint density at radius 2 is 2.22 bits per heavy atom. The SMILES string of the molecule is COC(=O)C(Nc1cc(C(N)=S)ccn1)C(C)C. The van der Waals surface area contributed by atoms with Crippen LogP contribution in [-0.2, 0) is 9.53 Å². The van der Waals surface area contributed by atoms with Crippen molar-refractivity contribution in [3.8, 4) is 0 Å². The van der Waals surface area contributed by atoms with Crippen LogP contribution >= 0.6 is 12.2 Å². The summed E-state index contributed by atoms with van der Waals surface area (Å²) in [7, 11) is 1.36. The highest BCUT2D eigenvalue weighted by Crippen LogP contribution is 2.13. The maximum absolute atomic E-state index is 11.6. The van der Waals surface area contributed by atoms with E-state index < -0.39 is 6.04 Å². The Morgan fingerprint density at radius 3 is 2.72 bits per heavy atom. The predicted molar refractivity (Wildman–Crippen MR) is 74.4 cm³/mol. The zero-order valence-electron chi connectivity index (χ0n) is 10.6. The van der Waals surface area contributed by atoms with Gasteiger partial charge in [-0.25, -0.2) is 9.78 Å². The molecule has 6 heteroatoms. The molecule has 0 spiro atoms. The Labute approximate surface area is 112 Å². The first-order valence-electron chi connectivity index (χ1n) is 5.56. The van der Waals surface area contributed by atoms with Gasteiger partial charge in [-0.2, -0.15) is 0 Å². The average Bonchev–Trinajstić information content (AvgIpc) is 2.35. The van der Waals surface area contributed by atoms with E-state index in [1.807, 2.05) is 13.8 Å². The molecular weight excluding hydrogens is 250 g/mol. The third-order valence-corrected chi connectivity index (χ3v) is 2.71. The number of hydrogen-bond donors (Lipinski definition) is 2. The van der Waals surface area contributed by atoms with Gasteiger partial charge in [0.2, 0.25) is 0 Å². The molecule has 3 N–H and O–H groups in total. The highest BCUT2D eigenvalue weighted by Gasteiger charge is 2.23. The minimum absolute atomic E-state index is 0.0766. The van der Waals surface area contributed by atoms with Gasteiger partial charge in [-0.15, -0.1) is 0 Å². The summed E-state index contributed by atoms with van der Waals surface area (Å²) in [5.41, 5.74) is 6.25. The Bertz CT molecular complexity index is 449.